The molecular formula is C12H14O3. The molecule has 0 radical (unpaired) electrons. The van der Waals surface area contributed by atoms with Gasteiger partial charge in [-0.1, -0.05) is 30.3 Å². The highest BCUT2D eigenvalue weighted by Crippen LogP contribution is 2.35. The Bertz CT molecular complexity index is 315. The Morgan fingerprint density at radius 1 is 1.20 bits per heavy atom. The summed E-state index contributed by atoms with van der Waals surface area (Å²) in [7, 11) is 0. The Morgan fingerprint density at radius 3 is 2.47 bits per heavy atom. The third-order valence-electron chi connectivity index (χ3n) is 2.56. The summed E-state index contributed by atoms with van der Waals surface area (Å²) in [5.41, 5.74) is 0.990. The molecule has 1 saturated heterocycles. The minimum atomic E-state index is -0.692. The van der Waals surface area contributed by atoms with E-state index in [2.05, 4.69) is 0 Å². The maximum absolute atomic E-state index is 10.4. The maximum atomic E-state index is 10.4. The number of carbonyl (C=O) groups excluding carboxylic acids is 1. The highest BCUT2D eigenvalue weighted by Gasteiger charge is 2.37. The van der Waals surface area contributed by atoms with Crippen LogP contribution in [0.25, 0.3) is 0 Å². The van der Waals surface area contributed by atoms with E-state index in [0.717, 1.165) is 11.8 Å². The number of hydrogen-bond donors (Lipinski definition) is 0. The number of aldehydes is 1. The number of hydrogen-bond acceptors (Lipinski definition) is 3. The number of ether oxygens (including phenoxy) is 2. The fraction of sp³-hybridized carbons (Fsp3) is 0.417. The number of rotatable bonds is 4. The van der Waals surface area contributed by atoms with Gasteiger partial charge in [-0.2, -0.15) is 0 Å². The number of carbonyl (C=O) groups is 1. The van der Waals surface area contributed by atoms with Gasteiger partial charge in [0.05, 0.1) is 13.2 Å². The normalized spacial score (nSPS) is 18.9. The Kier molecular flexibility index (Phi) is 3.14. The van der Waals surface area contributed by atoms with Gasteiger partial charge < -0.3 is 14.3 Å². The van der Waals surface area contributed by atoms with Crippen molar-refractivity contribution in [2.45, 2.75) is 18.6 Å². The average Bonchev–Trinajstić information content (AvgIpc) is 2.78. The predicted octanol–water partition coefficient (Wildman–Crippen LogP) is 1.87. The van der Waals surface area contributed by atoms with Gasteiger partial charge in [-0.25, -0.2) is 0 Å². The largest absolute Gasteiger partial charge is 0.343 e. The summed E-state index contributed by atoms with van der Waals surface area (Å²) in [6.07, 6.45) is 1.94. The van der Waals surface area contributed by atoms with Crippen LogP contribution in [0.4, 0.5) is 0 Å². The van der Waals surface area contributed by atoms with Crippen LogP contribution in [0, 0.1) is 0 Å². The molecule has 0 N–H and O–H groups in total. The van der Waals surface area contributed by atoms with Gasteiger partial charge in [0.25, 0.3) is 0 Å². The third kappa shape index (κ3) is 2.08. The average molecular weight is 206 g/mol. The van der Waals surface area contributed by atoms with E-state index in [0.29, 0.717) is 26.1 Å². The quantitative estimate of drug-likeness (QED) is 0.705. The first-order valence-electron chi connectivity index (χ1n) is 5.14. The van der Waals surface area contributed by atoms with Gasteiger partial charge in [0, 0.05) is 18.4 Å². The van der Waals surface area contributed by atoms with E-state index in [9.17, 15) is 4.79 Å². The second kappa shape index (κ2) is 4.55. The lowest BCUT2D eigenvalue weighted by molar-refractivity contribution is -0.171. The molecule has 0 unspecified atom stereocenters. The molecule has 1 aromatic carbocycles. The number of benzene rings is 1. The molecule has 80 valence electrons. The van der Waals surface area contributed by atoms with Crippen molar-refractivity contribution in [1.29, 1.82) is 0 Å². The first-order valence-corrected chi connectivity index (χ1v) is 5.14. The van der Waals surface area contributed by atoms with E-state index in [1.807, 2.05) is 30.3 Å². The molecular weight excluding hydrogens is 192 g/mol. The van der Waals surface area contributed by atoms with E-state index in [-0.39, 0.29) is 0 Å². The van der Waals surface area contributed by atoms with Crippen LogP contribution in [0.15, 0.2) is 30.3 Å². The van der Waals surface area contributed by atoms with E-state index in [4.69, 9.17) is 9.47 Å². The highest BCUT2D eigenvalue weighted by atomic mass is 16.7. The van der Waals surface area contributed by atoms with Crippen molar-refractivity contribution in [2.24, 2.45) is 0 Å². The first kappa shape index (κ1) is 10.3. The molecule has 15 heavy (non-hydrogen) atoms. The minimum Gasteiger partial charge on any atom is -0.343 e. The van der Waals surface area contributed by atoms with Crippen molar-refractivity contribution in [1.82, 2.24) is 0 Å². The lowest BCUT2D eigenvalue weighted by Crippen LogP contribution is -2.27. The van der Waals surface area contributed by atoms with Gasteiger partial charge >= 0.3 is 0 Å². The topological polar surface area (TPSA) is 35.5 Å². The fourth-order valence-corrected chi connectivity index (χ4v) is 1.85. The molecule has 0 saturated carbocycles. The van der Waals surface area contributed by atoms with E-state index < -0.39 is 5.79 Å². The van der Waals surface area contributed by atoms with Gasteiger partial charge in [-0.3, -0.25) is 0 Å². The molecule has 0 amide bonds. The Hall–Kier alpha value is -1.19. The Labute approximate surface area is 89.0 Å². The van der Waals surface area contributed by atoms with Crippen LogP contribution in [0.3, 0.4) is 0 Å². The van der Waals surface area contributed by atoms with Gasteiger partial charge in [0.1, 0.15) is 6.29 Å². The van der Waals surface area contributed by atoms with Crippen LogP contribution in [0.2, 0.25) is 0 Å². The highest BCUT2D eigenvalue weighted by molar-refractivity contribution is 5.49. The van der Waals surface area contributed by atoms with Crippen LogP contribution in [0.5, 0.6) is 0 Å². The summed E-state index contributed by atoms with van der Waals surface area (Å²) in [5.74, 6) is -0.692. The molecule has 0 spiro atoms. The Balaban J connectivity index is 2.22. The molecule has 3 heteroatoms. The van der Waals surface area contributed by atoms with E-state index in [1.165, 1.54) is 0 Å². The molecule has 1 fully saturated rings. The Morgan fingerprint density at radius 2 is 1.87 bits per heavy atom. The lowest BCUT2D eigenvalue weighted by atomic mass is 10.0. The molecule has 2 rings (SSSR count). The van der Waals surface area contributed by atoms with Crippen molar-refractivity contribution in [3.8, 4) is 0 Å². The van der Waals surface area contributed by atoms with Crippen molar-refractivity contribution < 1.29 is 14.3 Å². The van der Waals surface area contributed by atoms with Gasteiger partial charge in [0.15, 0.2) is 5.79 Å². The molecule has 3 nitrogen and oxygen atoms in total. The van der Waals surface area contributed by atoms with Crippen LogP contribution in [-0.2, 0) is 20.1 Å². The summed E-state index contributed by atoms with van der Waals surface area (Å²) < 4.78 is 11.3. The maximum Gasteiger partial charge on any atom is 0.195 e. The zero-order chi connectivity index (χ0) is 10.6. The molecule has 0 aromatic heterocycles. The molecule has 1 aliphatic rings. The minimum absolute atomic E-state index is 0.453. The molecule has 0 atom stereocenters. The molecule has 0 bridgehead atoms. The summed E-state index contributed by atoms with van der Waals surface area (Å²) in [4.78, 5) is 10.4. The fourth-order valence-electron chi connectivity index (χ4n) is 1.85. The standard InChI is InChI=1S/C12H14O3/c13-8-4-7-12(14-9-10-15-12)11-5-2-1-3-6-11/h1-3,5-6,8H,4,7,9-10H2. The van der Waals surface area contributed by atoms with Gasteiger partial charge in [0.2, 0.25) is 0 Å². The first-order chi connectivity index (χ1) is 7.37. The van der Waals surface area contributed by atoms with Crippen LogP contribution >= 0.6 is 0 Å². The van der Waals surface area contributed by atoms with E-state index >= 15 is 0 Å². The smallest absolute Gasteiger partial charge is 0.195 e. The summed E-state index contributed by atoms with van der Waals surface area (Å²) in [6.45, 7) is 1.18. The summed E-state index contributed by atoms with van der Waals surface area (Å²) >= 11 is 0. The zero-order valence-corrected chi connectivity index (χ0v) is 8.52. The molecule has 0 aliphatic carbocycles. The molecule has 1 aromatic rings. The van der Waals surface area contributed by atoms with Gasteiger partial charge in [-0.05, 0) is 0 Å². The molecule has 1 heterocycles. The lowest BCUT2D eigenvalue weighted by Gasteiger charge is -2.27. The van der Waals surface area contributed by atoms with Crippen molar-refractivity contribution in [3.05, 3.63) is 35.9 Å². The van der Waals surface area contributed by atoms with E-state index in [1.54, 1.807) is 0 Å². The van der Waals surface area contributed by atoms with Crippen molar-refractivity contribution in [3.63, 3.8) is 0 Å². The van der Waals surface area contributed by atoms with Crippen molar-refractivity contribution in [2.75, 3.05) is 13.2 Å². The molecule has 1 aliphatic heterocycles. The summed E-state index contributed by atoms with van der Waals surface area (Å²) in [6, 6.07) is 9.78. The second-order valence-corrected chi connectivity index (χ2v) is 3.52. The SMILES string of the molecule is O=CCCC1(c2ccccc2)OCCO1. The predicted molar refractivity (Wildman–Crippen MR) is 55.3 cm³/mol. The van der Waals surface area contributed by atoms with Crippen molar-refractivity contribution >= 4 is 6.29 Å². The second-order valence-electron chi connectivity index (χ2n) is 3.52. The summed E-state index contributed by atoms with van der Waals surface area (Å²) in [5, 5.41) is 0. The van der Waals surface area contributed by atoms with Crippen LogP contribution in [-0.4, -0.2) is 19.5 Å². The van der Waals surface area contributed by atoms with Crippen LogP contribution in [0.1, 0.15) is 18.4 Å². The van der Waals surface area contributed by atoms with Crippen LogP contribution < -0.4 is 0 Å². The monoisotopic (exact) mass is 206 g/mol. The third-order valence-corrected chi connectivity index (χ3v) is 2.56. The van der Waals surface area contributed by atoms with Gasteiger partial charge in [-0.15, -0.1) is 0 Å². The zero-order valence-electron chi connectivity index (χ0n) is 8.52.